The largest absolute Gasteiger partial charge is 0.378 e. The number of nitrogens with zero attached hydrogens (tertiary/aromatic N) is 2. The van der Waals surface area contributed by atoms with Crippen LogP contribution in [0, 0.1) is 5.92 Å². The molecule has 0 aromatic heterocycles. The Labute approximate surface area is 111 Å². The molecular weight excluding hydrogens is 228 g/mol. The normalized spacial score (nSPS) is 13.1. The molecule has 0 saturated heterocycles. The van der Waals surface area contributed by atoms with E-state index in [2.05, 4.69) is 43.1 Å². The summed E-state index contributed by atoms with van der Waals surface area (Å²) >= 11 is 0. The minimum atomic E-state index is 0.506. The lowest BCUT2D eigenvalue weighted by atomic mass is 10.1. The van der Waals surface area contributed by atoms with Crippen LogP contribution in [0.4, 0.5) is 0 Å². The van der Waals surface area contributed by atoms with Crippen LogP contribution in [-0.2, 0) is 4.74 Å². The summed E-state index contributed by atoms with van der Waals surface area (Å²) in [4.78, 5) is 4.25. The molecule has 0 saturated carbocycles. The Kier molecular flexibility index (Phi) is 10.6. The van der Waals surface area contributed by atoms with Crippen LogP contribution in [0.3, 0.4) is 0 Å². The summed E-state index contributed by atoms with van der Waals surface area (Å²) in [6.45, 7) is 11.4. The van der Waals surface area contributed by atoms with Crippen LogP contribution in [0.2, 0.25) is 0 Å². The number of nitrogens with one attached hydrogen (secondary N) is 1. The molecule has 0 aromatic rings. The number of hydrogen-bond acceptors (Lipinski definition) is 5. The Morgan fingerprint density at radius 1 is 1.28 bits per heavy atom. The Morgan fingerprint density at radius 2 is 2.00 bits per heavy atom. The summed E-state index contributed by atoms with van der Waals surface area (Å²) in [5.41, 5.74) is 0.839. The summed E-state index contributed by atoms with van der Waals surface area (Å²) < 4.78 is 5.43. The van der Waals surface area contributed by atoms with E-state index in [9.17, 15) is 0 Å². The van der Waals surface area contributed by atoms with Gasteiger partial charge in [0.1, 0.15) is 0 Å². The standard InChI is InChI=1S/C13H28N4O/c1-11(2)9-13(17-14)10-15-5-7-18-8-6-16-12(3)4/h10-12,16H,5-9,14H2,1-4H3. The molecular formula is C13H28N4O. The van der Waals surface area contributed by atoms with Crippen molar-refractivity contribution in [2.24, 2.45) is 21.9 Å². The van der Waals surface area contributed by atoms with Gasteiger partial charge in [0.2, 0.25) is 0 Å². The molecule has 0 aliphatic rings. The average molecular weight is 256 g/mol. The lowest BCUT2D eigenvalue weighted by Crippen LogP contribution is -2.26. The molecule has 0 rings (SSSR count). The second-order valence-electron chi connectivity index (χ2n) is 4.97. The molecule has 3 N–H and O–H groups in total. The first-order chi connectivity index (χ1) is 8.56. The third kappa shape index (κ3) is 11.5. The first kappa shape index (κ1) is 17.1. The molecule has 0 atom stereocenters. The number of hydrazone groups is 1. The molecule has 0 aromatic carbocycles. The van der Waals surface area contributed by atoms with E-state index >= 15 is 0 Å². The lowest BCUT2D eigenvalue weighted by Gasteiger charge is -2.07. The van der Waals surface area contributed by atoms with Crippen molar-refractivity contribution in [3.63, 3.8) is 0 Å². The van der Waals surface area contributed by atoms with Gasteiger partial charge in [-0.15, -0.1) is 0 Å². The number of aliphatic imine (C=N–C) groups is 1. The average Bonchev–Trinajstić information content (AvgIpc) is 2.30. The molecule has 0 fully saturated rings. The molecule has 0 aliphatic carbocycles. The van der Waals surface area contributed by atoms with E-state index in [4.69, 9.17) is 10.6 Å². The van der Waals surface area contributed by atoms with Gasteiger partial charge >= 0.3 is 0 Å². The number of rotatable bonds is 10. The van der Waals surface area contributed by atoms with Crippen molar-refractivity contribution in [1.29, 1.82) is 0 Å². The van der Waals surface area contributed by atoms with Gasteiger partial charge in [0, 0.05) is 18.8 Å². The van der Waals surface area contributed by atoms with Crippen LogP contribution in [-0.4, -0.2) is 44.3 Å². The van der Waals surface area contributed by atoms with Crippen molar-refractivity contribution >= 4 is 11.9 Å². The highest BCUT2D eigenvalue weighted by atomic mass is 16.5. The Bertz CT molecular complexity index is 249. The van der Waals surface area contributed by atoms with Gasteiger partial charge in [0.15, 0.2) is 0 Å². The van der Waals surface area contributed by atoms with E-state index < -0.39 is 0 Å². The fourth-order valence-corrected chi connectivity index (χ4v) is 1.37. The van der Waals surface area contributed by atoms with Crippen LogP contribution < -0.4 is 11.2 Å². The highest BCUT2D eigenvalue weighted by molar-refractivity contribution is 6.30. The van der Waals surface area contributed by atoms with E-state index in [1.54, 1.807) is 6.21 Å². The van der Waals surface area contributed by atoms with Gasteiger partial charge in [0.25, 0.3) is 0 Å². The van der Waals surface area contributed by atoms with Crippen LogP contribution in [0.1, 0.15) is 34.1 Å². The summed E-state index contributed by atoms with van der Waals surface area (Å²) in [6.07, 6.45) is 2.61. The van der Waals surface area contributed by atoms with E-state index in [1.165, 1.54) is 0 Å². The fourth-order valence-electron chi connectivity index (χ4n) is 1.37. The maximum atomic E-state index is 5.43. The molecule has 0 bridgehead atoms. The zero-order chi connectivity index (χ0) is 13.8. The Morgan fingerprint density at radius 3 is 2.56 bits per heavy atom. The number of hydrogen-bond donors (Lipinski definition) is 2. The van der Waals surface area contributed by atoms with E-state index in [-0.39, 0.29) is 0 Å². The highest BCUT2D eigenvalue weighted by Gasteiger charge is 1.99. The smallest absolute Gasteiger partial charge is 0.0780 e. The van der Waals surface area contributed by atoms with Gasteiger partial charge < -0.3 is 15.9 Å². The first-order valence-corrected chi connectivity index (χ1v) is 6.64. The van der Waals surface area contributed by atoms with Crippen LogP contribution in [0.25, 0.3) is 0 Å². The Balaban J connectivity index is 3.52. The molecule has 106 valence electrons. The van der Waals surface area contributed by atoms with Gasteiger partial charge in [-0.25, -0.2) is 0 Å². The number of ether oxygens (including phenoxy) is 1. The van der Waals surface area contributed by atoms with Crippen molar-refractivity contribution in [3.05, 3.63) is 0 Å². The maximum Gasteiger partial charge on any atom is 0.0780 e. The highest BCUT2D eigenvalue weighted by Crippen LogP contribution is 1.99. The maximum absolute atomic E-state index is 5.43. The summed E-state index contributed by atoms with van der Waals surface area (Å²) in [5, 5.41) is 7.00. The first-order valence-electron chi connectivity index (χ1n) is 6.64. The van der Waals surface area contributed by atoms with E-state index in [0.29, 0.717) is 25.1 Å². The molecule has 0 heterocycles. The molecule has 0 aliphatic heterocycles. The minimum Gasteiger partial charge on any atom is -0.378 e. The van der Waals surface area contributed by atoms with Crippen molar-refractivity contribution in [2.75, 3.05) is 26.3 Å². The Hall–Kier alpha value is -0.940. The predicted molar refractivity (Wildman–Crippen MR) is 78.4 cm³/mol. The van der Waals surface area contributed by atoms with Gasteiger partial charge in [-0.2, -0.15) is 5.10 Å². The monoisotopic (exact) mass is 256 g/mol. The third-order valence-electron chi connectivity index (χ3n) is 2.19. The van der Waals surface area contributed by atoms with Gasteiger partial charge in [0.05, 0.1) is 25.5 Å². The van der Waals surface area contributed by atoms with Crippen molar-refractivity contribution in [3.8, 4) is 0 Å². The van der Waals surface area contributed by atoms with Crippen molar-refractivity contribution < 1.29 is 4.74 Å². The van der Waals surface area contributed by atoms with E-state index in [1.807, 2.05) is 0 Å². The fraction of sp³-hybridized carbons (Fsp3) is 0.846. The summed E-state index contributed by atoms with van der Waals surface area (Å²) in [5.74, 6) is 5.83. The van der Waals surface area contributed by atoms with Crippen molar-refractivity contribution in [2.45, 2.75) is 40.2 Å². The lowest BCUT2D eigenvalue weighted by molar-refractivity contribution is 0.142. The van der Waals surface area contributed by atoms with Crippen LogP contribution in [0.5, 0.6) is 0 Å². The molecule has 0 amide bonds. The van der Waals surface area contributed by atoms with Crippen molar-refractivity contribution in [1.82, 2.24) is 5.32 Å². The SMILES string of the molecule is CC(C)CC(C=NCCOCCNC(C)C)=NN. The van der Waals surface area contributed by atoms with Gasteiger partial charge in [-0.3, -0.25) is 4.99 Å². The predicted octanol–water partition coefficient (Wildman–Crippen LogP) is 1.43. The van der Waals surface area contributed by atoms with Gasteiger partial charge in [-0.05, 0) is 12.3 Å². The van der Waals surface area contributed by atoms with Crippen LogP contribution >= 0.6 is 0 Å². The minimum absolute atomic E-state index is 0.506. The second-order valence-corrected chi connectivity index (χ2v) is 4.97. The summed E-state index contributed by atoms with van der Waals surface area (Å²) in [7, 11) is 0. The van der Waals surface area contributed by atoms with Crippen LogP contribution in [0.15, 0.2) is 10.1 Å². The molecule has 0 unspecified atom stereocenters. The molecule has 0 radical (unpaired) electrons. The summed E-state index contributed by atoms with van der Waals surface area (Å²) in [6, 6.07) is 0.506. The molecule has 5 nitrogen and oxygen atoms in total. The van der Waals surface area contributed by atoms with Gasteiger partial charge in [-0.1, -0.05) is 27.7 Å². The molecule has 5 heteroatoms. The topological polar surface area (TPSA) is 72.0 Å². The van der Waals surface area contributed by atoms with E-state index in [0.717, 1.165) is 25.3 Å². The number of nitrogens with two attached hydrogens (primary N) is 1. The quantitative estimate of drug-likeness (QED) is 0.269. The zero-order valence-corrected chi connectivity index (χ0v) is 12.1. The third-order valence-corrected chi connectivity index (χ3v) is 2.19. The second kappa shape index (κ2) is 11.2. The molecule has 0 spiro atoms. The zero-order valence-electron chi connectivity index (χ0n) is 12.1. The molecule has 18 heavy (non-hydrogen) atoms.